The molecule has 1 N–H and O–H groups in total. The summed E-state index contributed by atoms with van der Waals surface area (Å²) < 4.78 is 11.4. The van der Waals surface area contributed by atoms with E-state index in [4.69, 9.17) is 9.47 Å². The van der Waals surface area contributed by atoms with E-state index in [-0.39, 0.29) is 12.5 Å². The third kappa shape index (κ3) is 5.84. The van der Waals surface area contributed by atoms with Crippen molar-refractivity contribution in [3.05, 3.63) is 54.4 Å². The van der Waals surface area contributed by atoms with Gasteiger partial charge in [0.15, 0.2) is 6.61 Å². The minimum atomic E-state index is -0.190. The molecule has 0 atom stereocenters. The molecule has 3 aromatic rings. The van der Waals surface area contributed by atoms with Crippen LogP contribution in [0, 0.1) is 6.92 Å². The first kappa shape index (κ1) is 20.9. The van der Waals surface area contributed by atoms with Crippen molar-refractivity contribution in [3.63, 3.8) is 0 Å². The fourth-order valence-corrected chi connectivity index (χ4v) is 3.69. The largest absolute Gasteiger partial charge is 0.484 e. The number of aromatic nitrogens is 2. The molecule has 162 valence electrons. The van der Waals surface area contributed by atoms with Gasteiger partial charge in [-0.2, -0.15) is 4.98 Å². The average Bonchev–Trinajstić information content (AvgIpc) is 2.80. The lowest BCUT2D eigenvalue weighted by atomic mass is 10.1. The molecule has 0 radical (unpaired) electrons. The Morgan fingerprint density at radius 1 is 1.00 bits per heavy atom. The standard InChI is InChI=1S/C24H28N4O3/c1-18-26-22(28-12-5-2-6-13-28)16-24(27-18)30-14-11-25-23(29)17-31-21-10-9-19-7-3-4-8-20(19)15-21/h3-4,7-10,15-16H,2,5-6,11-14,17H2,1H3,(H,25,29). The van der Waals surface area contributed by atoms with Gasteiger partial charge in [0.05, 0.1) is 6.54 Å². The average molecular weight is 421 g/mol. The highest BCUT2D eigenvalue weighted by Gasteiger charge is 2.14. The fraction of sp³-hybridized carbons (Fsp3) is 0.375. The maximum absolute atomic E-state index is 12.1. The number of amides is 1. The molecule has 4 rings (SSSR count). The van der Waals surface area contributed by atoms with Crippen molar-refractivity contribution in [2.45, 2.75) is 26.2 Å². The highest BCUT2D eigenvalue weighted by molar-refractivity contribution is 5.84. The Hall–Kier alpha value is -3.35. The van der Waals surface area contributed by atoms with E-state index in [1.165, 1.54) is 19.3 Å². The molecule has 0 bridgehead atoms. The first-order chi connectivity index (χ1) is 15.2. The van der Waals surface area contributed by atoms with Gasteiger partial charge in [-0.3, -0.25) is 4.79 Å². The lowest BCUT2D eigenvalue weighted by Gasteiger charge is -2.28. The van der Waals surface area contributed by atoms with Gasteiger partial charge in [0.2, 0.25) is 5.88 Å². The molecule has 1 aromatic heterocycles. The number of ether oxygens (including phenoxy) is 2. The first-order valence-electron chi connectivity index (χ1n) is 10.8. The van der Waals surface area contributed by atoms with Crippen molar-refractivity contribution < 1.29 is 14.3 Å². The molecule has 0 aliphatic carbocycles. The Kier molecular flexibility index (Phi) is 6.82. The monoisotopic (exact) mass is 420 g/mol. The van der Waals surface area contributed by atoms with Gasteiger partial charge in [0.25, 0.3) is 5.91 Å². The van der Waals surface area contributed by atoms with Gasteiger partial charge < -0.3 is 19.7 Å². The van der Waals surface area contributed by atoms with Gasteiger partial charge >= 0.3 is 0 Å². The zero-order chi connectivity index (χ0) is 21.5. The van der Waals surface area contributed by atoms with Crippen molar-refractivity contribution in [2.24, 2.45) is 0 Å². The van der Waals surface area contributed by atoms with Crippen LogP contribution in [0.25, 0.3) is 10.8 Å². The number of hydrogen-bond acceptors (Lipinski definition) is 6. The van der Waals surface area contributed by atoms with Crippen LogP contribution in [0.4, 0.5) is 5.82 Å². The minimum absolute atomic E-state index is 0.0376. The van der Waals surface area contributed by atoms with Crippen LogP contribution in [0.5, 0.6) is 11.6 Å². The number of aryl methyl sites for hydroxylation is 1. The zero-order valence-corrected chi connectivity index (χ0v) is 17.8. The zero-order valence-electron chi connectivity index (χ0n) is 17.8. The van der Waals surface area contributed by atoms with Crippen molar-refractivity contribution in [1.29, 1.82) is 0 Å². The third-order valence-electron chi connectivity index (χ3n) is 5.25. The maximum Gasteiger partial charge on any atom is 0.258 e. The van der Waals surface area contributed by atoms with E-state index in [0.29, 0.717) is 30.6 Å². The van der Waals surface area contributed by atoms with E-state index < -0.39 is 0 Å². The van der Waals surface area contributed by atoms with Gasteiger partial charge in [0.1, 0.15) is 24.0 Å². The van der Waals surface area contributed by atoms with Crippen molar-refractivity contribution in [2.75, 3.05) is 37.7 Å². The van der Waals surface area contributed by atoms with Crippen LogP contribution in [0.3, 0.4) is 0 Å². The summed E-state index contributed by atoms with van der Waals surface area (Å²) in [5, 5.41) is 5.03. The summed E-state index contributed by atoms with van der Waals surface area (Å²) in [7, 11) is 0. The summed E-state index contributed by atoms with van der Waals surface area (Å²) in [4.78, 5) is 23.2. The summed E-state index contributed by atoms with van der Waals surface area (Å²) in [5.74, 6) is 2.62. The number of anilines is 1. The molecule has 0 spiro atoms. The second kappa shape index (κ2) is 10.1. The molecule has 31 heavy (non-hydrogen) atoms. The second-order valence-electron chi connectivity index (χ2n) is 7.66. The molecule has 2 heterocycles. The van der Waals surface area contributed by atoms with Gasteiger partial charge in [-0.15, -0.1) is 0 Å². The van der Waals surface area contributed by atoms with Gasteiger partial charge in [-0.05, 0) is 49.1 Å². The molecule has 1 amide bonds. The van der Waals surface area contributed by atoms with Crippen LogP contribution in [0.15, 0.2) is 48.5 Å². The van der Waals surface area contributed by atoms with Gasteiger partial charge in [-0.1, -0.05) is 30.3 Å². The Balaban J connectivity index is 1.21. The quantitative estimate of drug-likeness (QED) is 0.562. The number of piperidine rings is 1. The minimum Gasteiger partial charge on any atom is -0.484 e. The van der Waals surface area contributed by atoms with Crippen LogP contribution in [-0.4, -0.2) is 48.7 Å². The molecule has 2 aromatic carbocycles. The number of benzene rings is 2. The molecule has 7 heteroatoms. The number of rotatable bonds is 8. The summed E-state index contributed by atoms with van der Waals surface area (Å²) in [6.07, 6.45) is 3.65. The summed E-state index contributed by atoms with van der Waals surface area (Å²) in [6, 6.07) is 15.7. The van der Waals surface area contributed by atoms with E-state index in [0.717, 1.165) is 29.7 Å². The first-order valence-corrected chi connectivity index (χ1v) is 10.8. The van der Waals surface area contributed by atoms with E-state index >= 15 is 0 Å². The molecular formula is C24H28N4O3. The van der Waals surface area contributed by atoms with E-state index in [2.05, 4.69) is 20.2 Å². The van der Waals surface area contributed by atoms with Crippen LogP contribution in [0.1, 0.15) is 25.1 Å². The van der Waals surface area contributed by atoms with Crippen molar-refractivity contribution >= 4 is 22.5 Å². The second-order valence-corrected chi connectivity index (χ2v) is 7.66. The van der Waals surface area contributed by atoms with E-state index in [1.54, 1.807) is 0 Å². The smallest absolute Gasteiger partial charge is 0.258 e. The molecular weight excluding hydrogens is 392 g/mol. The molecule has 0 unspecified atom stereocenters. The molecule has 7 nitrogen and oxygen atoms in total. The van der Waals surface area contributed by atoms with Gasteiger partial charge in [0, 0.05) is 19.2 Å². The number of nitrogens with one attached hydrogen (secondary N) is 1. The summed E-state index contributed by atoms with van der Waals surface area (Å²) in [5.41, 5.74) is 0. The normalized spacial score (nSPS) is 13.8. The molecule has 1 aliphatic heterocycles. The molecule has 0 saturated carbocycles. The number of carbonyl (C=O) groups is 1. The van der Waals surface area contributed by atoms with Gasteiger partial charge in [-0.25, -0.2) is 4.98 Å². The third-order valence-corrected chi connectivity index (χ3v) is 5.25. The topological polar surface area (TPSA) is 76.6 Å². The number of nitrogens with zero attached hydrogens (tertiary/aromatic N) is 3. The Morgan fingerprint density at radius 3 is 2.65 bits per heavy atom. The summed E-state index contributed by atoms with van der Waals surface area (Å²) in [6.45, 7) is 4.57. The molecule has 1 saturated heterocycles. The Bertz CT molecular complexity index is 1030. The Labute approximate surface area is 182 Å². The highest BCUT2D eigenvalue weighted by atomic mass is 16.5. The van der Waals surface area contributed by atoms with Crippen LogP contribution in [-0.2, 0) is 4.79 Å². The van der Waals surface area contributed by atoms with Crippen LogP contribution < -0.4 is 19.7 Å². The number of carbonyl (C=O) groups excluding carboxylic acids is 1. The Morgan fingerprint density at radius 2 is 1.81 bits per heavy atom. The molecule has 1 aliphatic rings. The SMILES string of the molecule is Cc1nc(OCCNC(=O)COc2ccc3ccccc3c2)cc(N2CCCCC2)n1. The molecule has 1 fully saturated rings. The summed E-state index contributed by atoms with van der Waals surface area (Å²) >= 11 is 0. The predicted octanol–water partition coefficient (Wildman–Crippen LogP) is 3.50. The van der Waals surface area contributed by atoms with Crippen molar-refractivity contribution in [3.8, 4) is 11.6 Å². The van der Waals surface area contributed by atoms with Crippen molar-refractivity contribution in [1.82, 2.24) is 15.3 Å². The predicted molar refractivity (Wildman–Crippen MR) is 121 cm³/mol. The van der Waals surface area contributed by atoms with Crippen LogP contribution >= 0.6 is 0 Å². The number of fused-ring (bicyclic) bond motifs is 1. The number of hydrogen-bond donors (Lipinski definition) is 1. The fourth-order valence-electron chi connectivity index (χ4n) is 3.69. The lowest BCUT2D eigenvalue weighted by molar-refractivity contribution is -0.123. The maximum atomic E-state index is 12.1. The van der Waals surface area contributed by atoms with E-state index in [9.17, 15) is 4.79 Å². The van der Waals surface area contributed by atoms with E-state index in [1.807, 2.05) is 55.5 Å². The lowest BCUT2D eigenvalue weighted by Crippen LogP contribution is -2.32. The highest BCUT2D eigenvalue weighted by Crippen LogP contribution is 2.22. The van der Waals surface area contributed by atoms with Crippen LogP contribution in [0.2, 0.25) is 0 Å².